The number of aromatic nitrogens is 3. The van der Waals surface area contributed by atoms with Crippen LogP contribution >= 0.6 is 34.5 Å². The molecule has 142 valence electrons. The van der Waals surface area contributed by atoms with Crippen LogP contribution in [-0.2, 0) is 19.4 Å². The molecule has 1 aliphatic rings. The number of halogens is 2. The third kappa shape index (κ3) is 3.26. The minimum atomic E-state index is 0.231. The van der Waals surface area contributed by atoms with Gasteiger partial charge in [-0.15, -0.1) is 11.3 Å². The Kier molecular flexibility index (Phi) is 4.70. The molecule has 0 amide bonds. The van der Waals surface area contributed by atoms with Gasteiger partial charge in [0.2, 0.25) is 5.88 Å². The van der Waals surface area contributed by atoms with E-state index in [4.69, 9.17) is 32.5 Å². The first-order valence-electron chi connectivity index (χ1n) is 8.98. The molecule has 1 aliphatic carbocycles. The SMILES string of the molecule is Clc1ccc(-c2cc(COc3ncnc4sc5c(c34)CCCC5)on2)c(Cl)c1. The van der Waals surface area contributed by atoms with E-state index >= 15 is 0 Å². The van der Waals surface area contributed by atoms with E-state index < -0.39 is 0 Å². The summed E-state index contributed by atoms with van der Waals surface area (Å²) in [4.78, 5) is 11.2. The molecule has 4 aromatic rings. The number of rotatable bonds is 4. The van der Waals surface area contributed by atoms with Gasteiger partial charge in [0.25, 0.3) is 0 Å². The molecule has 0 bridgehead atoms. The summed E-state index contributed by atoms with van der Waals surface area (Å²) >= 11 is 14.0. The van der Waals surface area contributed by atoms with Crippen molar-refractivity contribution in [2.24, 2.45) is 0 Å². The number of nitrogens with zero attached hydrogens (tertiary/aromatic N) is 3. The van der Waals surface area contributed by atoms with E-state index in [1.807, 2.05) is 12.1 Å². The highest BCUT2D eigenvalue weighted by molar-refractivity contribution is 7.18. The van der Waals surface area contributed by atoms with Crippen molar-refractivity contribution in [3.63, 3.8) is 0 Å². The second kappa shape index (κ2) is 7.35. The fourth-order valence-electron chi connectivity index (χ4n) is 3.52. The van der Waals surface area contributed by atoms with Gasteiger partial charge >= 0.3 is 0 Å². The first-order valence-corrected chi connectivity index (χ1v) is 10.6. The van der Waals surface area contributed by atoms with Crippen molar-refractivity contribution in [2.75, 3.05) is 0 Å². The van der Waals surface area contributed by atoms with Crippen molar-refractivity contribution in [3.05, 3.63) is 56.8 Å². The average Bonchev–Trinajstić information content (AvgIpc) is 3.31. The Morgan fingerprint density at radius 1 is 1.11 bits per heavy atom. The lowest BCUT2D eigenvalue weighted by atomic mass is 9.97. The fourth-order valence-corrected chi connectivity index (χ4v) is 5.24. The maximum Gasteiger partial charge on any atom is 0.226 e. The number of aryl methyl sites for hydroxylation is 2. The summed E-state index contributed by atoms with van der Waals surface area (Å²) in [5.41, 5.74) is 2.74. The van der Waals surface area contributed by atoms with E-state index in [0.717, 1.165) is 28.6 Å². The molecule has 0 radical (unpaired) electrons. The van der Waals surface area contributed by atoms with Crippen LogP contribution in [0.2, 0.25) is 10.0 Å². The Morgan fingerprint density at radius 2 is 2.00 bits per heavy atom. The molecule has 0 aliphatic heterocycles. The highest BCUT2D eigenvalue weighted by atomic mass is 35.5. The summed E-state index contributed by atoms with van der Waals surface area (Å²) in [6, 6.07) is 7.08. The maximum absolute atomic E-state index is 6.25. The molecular formula is C20H15Cl2N3O2S. The molecule has 5 nitrogen and oxygen atoms in total. The lowest BCUT2D eigenvalue weighted by molar-refractivity contribution is 0.244. The van der Waals surface area contributed by atoms with Crippen molar-refractivity contribution >= 4 is 44.8 Å². The predicted molar refractivity (Wildman–Crippen MR) is 110 cm³/mol. The third-order valence-corrected chi connectivity index (χ3v) is 6.58. The number of ether oxygens (including phenoxy) is 1. The predicted octanol–water partition coefficient (Wildman–Crippen LogP) is 6.11. The quantitative estimate of drug-likeness (QED) is 0.389. The lowest BCUT2D eigenvalue weighted by Crippen LogP contribution is -2.01. The van der Waals surface area contributed by atoms with E-state index in [-0.39, 0.29) is 6.61 Å². The number of thiophene rings is 1. The zero-order valence-corrected chi connectivity index (χ0v) is 17.1. The van der Waals surface area contributed by atoms with Crippen LogP contribution in [-0.4, -0.2) is 15.1 Å². The summed E-state index contributed by atoms with van der Waals surface area (Å²) in [6.45, 7) is 0.231. The van der Waals surface area contributed by atoms with Crippen LogP contribution in [0.3, 0.4) is 0 Å². The van der Waals surface area contributed by atoms with Crippen LogP contribution in [0.25, 0.3) is 21.5 Å². The summed E-state index contributed by atoms with van der Waals surface area (Å²) in [5.74, 6) is 1.20. The molecule has 3 aromatic heterocycles. The van der Waals surface area contributed by atoms with Gasteiger partial charge in [-0.3, -0.25) is 0 Å². The van der Waals surface area contributed by atoms with E-state index in [1.54, 1.807) is 29.8 Å². The van der Waals surface area contributed by atoms with Crippen LogP contribution in [0.1, 0.15) is 29.0 Å². The van der Waals surface area contributed by atoms with E-state index in [9.17, 15) is 0 Å². The molecule has 8 heteroatoms. The smallest absolute Gasteiger partial charge is 0.226 e. The second-order valence-corrected chi connectivity index (χ2v) is 8.59. The average molecular weight is 432 g/mol. The summed E-state index contributed by atoms with van der Waals surface area (Å²) in [5, 5.41) is 6.24. The summed E-state index contributed by atoms with van der Waals surface area (Å²) in [6.07, 6.45) is 6.15. The van der Waals surface area contributed by atoms with Crippen molar-refractivity contribution in [2.45, 2.75) is 32.3 Å². The second-order valence-electron chi connectivity index (χ2n) is 6.66. The van der Waals surface area contributed by atoms with Crippen molar-refractivity contribution in [1.82, 2.24) is 15.1 Å². The zero-order valence-electron chi connectivity index (χ0n) is 14.7. The summed E-state index contributed by atoms with van der Waals surface area (Å²) < 4.78 is 11.4. The molecule has 3 heterocycles. The number of hydrogen-bond donors (Lipinski definition) is 0. The van der Waals surface area contributed by atoms with E-state index in [1.165, 1.54) is 23.3 Å². The molecule has 0 fully saturated rings. The molecule has 0 saturated carbocycles. The Labute approximate surface area is 175 Å². The van der Waals surface area contributed by atoms with Gasteiger partial charge < -0.3 is 9.26 Å². The van der Waals surface area contributed by atoms with Gasteiger partial charge in [0.15, 0.2) is 12.4 Å². The number of hydrogen-bond acceptors (Lipinski definition) is 6. The van der Waals surface area contributed by atoms with Crippen LogP contribution in [0.5, 0.6) is 5.88 Å². The lowest BCUT2D eigenvalue weighted by Gasteiger charge is -2.11. The van der Waals surface area contributed by atoms with Gasteiger partial charge in [0.05, 0.1) is 10.4 Å². The van der Waals surface area contributed by atoms with Crippen molar-refractivity contribution < 1.29 is 9.26 Å². The van der Waals surface area contributed by atoms with Crippen LogP contribution in [0.15, 0.2) is 35.1 Å². The fraction of sp³-hybridized carbons (Fsp3) is 0.250. The highest BCUT2D eigenvalue weighted by Crippen LogP contribution is 2.39. The third-order valence-electron chi connectivity index (χ3n) is 4.83. The van der Waals surface area contributed by atoms with Crippen molar-refractivity contribution in [1.29, 1.82) is 0 Å². The van der Waals surface area contributed by atoms with E-state index in [0.29, 0.717) is 27.4 Å². The van der Waals surface area contributed by atoms with Gasteiger partial charge in [0.1, 0.15) is 16.9 Å². The van der Waals surface area contributed by atoms with Gasteiger partial charge in [-0.2, -0.15) is 0 Å². The Morgan fingerprint density at radius 3 is 2.89 bits per heavy atom. The molecular weight excluding hydrogens is 417 g/mol. The Balaban J connectivity index is 1.40. The molecule has 5 rings (SSSR count). The molecule has 0 unspecified atom stereocenters. The zero-order chi connectivity index (χ0) is 19.1. The van der Waals surface area contributed by atoms with E-state index in [2.05, 4.69) is 15.1 Å². The molecule has 0 N–H and O–H groups in total. The van der Waals surface area contributed by atoms with Gasteiger partial charge in [-0.25, -0.2) is 9.97 Å². The molecule has 0 atom stereocenters. The topological polar surface area (TPSA) is 61.0 Å². The first-order chi connectivity index (χ1) is 13.7. The first kappa shape index (κ1) is 17.9. The minimum absolute atomic E-state index is 0.231. The molecule has 0 saturated heterocycles. The van der Waals surface area contributed by atoms with Gasteiger partial charge in [-0.05, 0) is 49.4 Å². The number of benzene rings is 1. The van der Waals surface area contributed by atoms with Gasteiger partial charge in [-0.1, -0.05) is 28.4 Å². The standard InChI is InChI=1S/C20H15Cl2N3O2S/c21-11-5-6-13(15(22)7-11)16-8-12(27-25-16)9-26-19-18-14-3-1-2-4-17(14)28-20(18)24-10-23-19/h5-8,10H,1-4,9H2. The van der Waals surface area contributed by atoms with Gasteiger partial charge in [0, 0.05) is 21.5 Å². The normalized spacial score (nSPS) is 13.6. The largest absolute Gasteiger partial charge is 0.469 e. The summed E-state index contributed by atoms with van der Waals surface area (Å²) in [7, 11) is 0. The number of fused-ring (bicyclic) bond motifs is 3. The maximum atomic E-state index is 6.25. The molecule has 28 heavy (non-hydrogen) atoms. The minimum Gasteiger partial charge on any atom is -0.469 e. The molecule has 0 spiro atoms. The highest BCUT2D eigenvalue weighted by Gasteiger charge is 2.21. The monoisotopic (exact) mass is 431 g/mol. The van der Waals surface area contributed by atoms with Crippen molar-refractivity contribution in [3.8, 4) is 17.1 Å². The van der Waals surface area contributed by atoms with Crippen LogP contribution in [0, 0.1) is 0 Å². The molecule has 1 aromatic carbocycles. The Hall–Kier alpha value is -2.15. The van der Waals surface area contributed by atoms with Crippen LogP contribution < -0.4 is 4.74 Å². The Bertz CT molecular complexity index is 1170. The van der Waals surface area contributed by atoms with Crippen LogP contribution in [0.4, 0.5) is 0 Å².